The fourth-order valence-electron chi connectivity index (χ4n) is 3.36. The highest BCUT2D eigenvalue weighted by Gasteiger charge is 2.31. The Morgan fingerprint density at radius 2 is 1.86 bits per heavy atom. The van der Waals surface area contributed by atoms with Crippen LogP contribution in [0.5, 0.6) is 0 Å². The first-order valence-electron chi connectivity index (χ1n) is 8.54. The summed E-state index contributed by atoms with van der Waals surface area (Å²) in [6.45, 7) is 15.0. The predicted octanol–water partition coefficient (Wildman–Crippen LogP) is 4.62. The van der Waals surface area contributed by atoms with E-state index in [1.54, 1.807) is 0 Å². The van der Waals surface area contributed by atoms with Crippen LogP contribution >= 0.6 is 0 Å². The maximum atomic E-state index is 3.55. The molecule has 0 aliphatic carbocycles. The van der Waals surface area contributed by atoms with Crippen LogP contribution in [-0.2, 0) is 0 Å². The summed E-state index contributed by atoms with van der Waals surface area (Å²) in [5, 5.41) is 3.55. The smallest absolute Gasteiger partial charge is 0.0366 e. The van der Waals surface area contributed by atoms with Crippen LogP contribution in [0.25, 0.3) is 0 Å². The third-order valence-corrected chi connectivity index (χ3v) is 4.93. The van der Waals surface area contributed by atoms with Crippen LogP contribution in [0.2, 0.25) is 0 Å². The molecule has 2 rings (SSSR count). The molecule has 1 aliphatic rings. The fourth-order valence-corrected chi connectivity index (χ4v) is 3.36. The normalized spacial score (nSPS) is 20.8. The van der Waals surface area contributed by atoms with Crippen LogP contribution in [0.15, 0.2) is 24.3 Å². The minimum atomic E-state index is 0.424. The molecule has 21 heavy (non-hydrogen) atoms. The van der Waals surface area contributed by atoms with Gasteiger partial charge < -0.3 is 10.2 Å². The molecule has 1 aromatic rings. The highest BCUT2D eigenvalue weighted by atomic mass is 15.2. The fraction of sp³-hybridized carbons (Fsp3) is 0.684. The number of hydrogen-bond acceptors (Lipinski definition) is 2. The van der Waals surface area contributed by atoms with E-state index in [0.717, 1.165) is 18.9 Å². The summed E-state index contributed by atoms with van der Waals surface area (Å²) in [7, 11) is 0. The van der Waals surface area contributed by atoms with Crippen LogP contribution in [0, 0.1) is 11.3 Å². The van der Waals surface area contributed by atoms with E-state index < -0.39 is 0 Å². The van der Waals surface area contributed by atoms with Crippen molar-refractivity contribution >= 4 is 5.69 Å². The van der Waals surface area contributed by atoms with Crippen LogP contribution in [0.4, 0.5) is 5.69 Å². The second-order valence-electron chi connectivity index (χ2n) is 7.41. The molecule has 1 fully saturated rings. The standard InChI is InChI=1S/C19H32N2/c1-6-18(20-7-2)15-8-10-17(11-9-15)21-13-12-16(14-21)19(3,4)5/h8-11,16,18,20H,6-7,12-14H2,1-5H3. The van der Waals surface area contributed by atoms with E-state index >= 15 is 0 Å². The van der Waals surface area contributed by atoms with Gasteiger partial charge in [-0.25, -0.2) is 0 Å². The average Bonchev–Trinajstić information content (AvgIpc) is 2.95. The van der Waals surface area contributed by atoms with Crippen molar-refractivity contribution in [3.05, 3.63) is 29.8 Å². The molecule has 0 aromatic heterocycles. The summed E-state index contributed by atoms with van der Waals surface area (Å²) in [6, 6.07) is 9.71. The molecule has 2 heteroatoms. The van der Waals surface area contributed by atoms with Crippen molar-refractivity contribution < 1.29 is 0 Å². The topological polar surface area (TPSA) is 15.3 Å². The number of anilines is 1. The maximum absolute atomic E-state index is 3.55. The molecule has 2 atom stereocenters. The van der Waals surface area contributed by atoms with E-state index in [-0.39, 0.29) is 0 Å². The molecule has 0 spiro atoms. The van der Waals surface area contributed by atoms with Gasteiger partial charge in [0.2, 0.25) is 0 Å². The number of nitrogens with zero attached hydrogens (tertiary/aromatic N) is 1. The van der Waals surface area contributed by atoms with E-state index in [2.05, 4.69) is 69.1 Å². The van der Waals surface area contributed by atoms with Crippen LogP contribution < -0.4 is 10.2 Å². The van der Waals surface area contributed by atoms with Gasteiger partial charge in [0.15, 0.2) is 0 Å². The summed E-state index contributed by atoms with van der Waals surface area (Å²) in [5.74, 6) is 0.808. The Kier molecular flexibility index (Phi) is 5.32. The summed E-state index contributed by atoms with van der Waals surface area (Å²) in [5.41, 5.74) is 3.22. The van der Waals surface area contributed by atoms with Gasteiger partial charge in [0.05, 0.1) is 0 Å². The third kappa shape index (κ3) is 4.00. The molecule has 2 nitrogen and oxygen atoms in total. The van der Waals surface area contributed by atoms with Gasteiger partial charge in [0, 0.05) is 24.8 Å². The van der Waals surface area contributed by atoms with E-state index in [1.807, 2.05) is 0 Å². The third-order valence-electron chi connectivity index (χ3n) is 4.93. The summed E-state index contributed by atoms with van der Waals surface area (Å²) in [4.78, 5) is 2.55. The number of hydrogen-bond donors (Lipinski definition) is 1. The van der Waals surface area contributed by atoms with Crippen molar-refractivity contribution in [1.29, 1.82) is 0 Å². The first-order valence-corrected chi connectivity index (χ1v) is 8.54. The number of benzene rings is 1. The predicted molar refractivity (Wildman–Crippen MR) is 92.9 cm³/mol. The Balaban J connectivity index is 2.03. The summed E-state index contributed by atoms with van der Waals surface area (Å²) >= 11 is 0. The van der Waals surface area contributed by atoms with E-state index in [9.17, 15) is 0 Å². The number of nitrogens with one attached hydrogen (secondary N) is 1. The first kappa shape index (κ1) is 16.4. The van der Waals surface area contributed by atoms with Crippen LogP contribution in [0.3, 0.4) is 0 Å². The highest BCUT2D eigenvalue weighted by molar-refractivity contribution is 5.49. The molecule has 0 saturated carbocycles. The van der Waals surface area contributed by atoms with Gasteiger partial charge in [-0.1, -0.05) is 46.8 Å². The Labute approximate surface area is 130 Å². The Morgan fingerprint density at radius 1 is 1.19 bits per heavy atom. The molecule has 1 N–H and O–H groups in total. The molecule has 1 aliphatic heterocycles. The highest BCUT2D eigenvalue weighted by Crippen LogP contribution is 2.35. The van der Waals surface area contributed by atoms with Crippen molar-refractivity contribution in [3.63, 3.8) is 0 Å². The lowest BCUT2D eigenvalue weighted by Crippen LogP contribution is -2.25. The quantitative estimate of drug-likeness (QED) is 0.850. The van der Waals surface area contributed by atoms with E-state index in [4.69, 9.17) is 0 Å². The average molecular weight is 288 g/mol. The zero-order valence-corrected chi connectivity index (χ0v) is 14.4. The van der Waals surface area contributed by atoms with Gasteiger partial charge >= 0.3 is 0 Å². The first-order chi connectivity index (χ1) is 9.95. The lowest BCUT2D eigenvalue weighted by atomic mass is 9.80. The molecule has 1 saturated heterocycles. The van der Waals surface area contributed by atoms with Gasteiger partial charge in [-0.05, 0) is 48.4 Å². The van der Waals surface area contributed by atoms with Crippen LogP contribution in [-0.4, -0.2) is 19.6 Å². The van der Waals surface area contributed by atoms with Gasteiger partial charge in [-0.3, -0.25) is 0 Å². The second kappa shape index (κ2) is 6.83. The monoisotopic (exact) mass is 288 g/mol. The summed E-state index contributed by atoms with van der Waals surface area (Å²) < 4.78 is 0. The van der Waals surface area contributed by atoms with Crippen molar-refractivity contribution in [3.8, 4) is 0 Å². The van der Waals surface area contributed by atoms with Gasteiger partial charge in [0.25, 0.3) is 0 Å². The molecular weight excluding hydrogens is 256 g/mol. The lowest BCUT2D eigenvalue weighted by molar-refractivity contribution is 0.263. The molecule has 1 heterocycles. The molecule has 2 unspecified atom stereocenters. The van der Waals surface area contributed by atoms with Gasteiger partial charge in [-0.15, -0.1) is 0 Å². The molecular formula is C19H32N2. The largest absolute Gasteiger partial charge is 0.371 e. The maximum Gasteiger partial charge on any atom is 0.0366 e. The zero-order chi connectivity index (χ0) is 15.5. The van der Waals surface area contributed by atoms with Crippen molar-refractivity contribution in [2.24, 2.45) is 11.3 Å². The van der Waals surface area contributed by atoms with E-state index in [0.29, 0.717) is 11.5 Å². The van der Waals surface area contributed by atoms with Crippen LogP contribution in [0.1, 0.15) is 59.1 Å². The molecule has 0 amide bonds. The van der Waals surface area contributed by atoms with Crippen molar-refractivity contribution in [2.45, 2.75) is 53.5 Å². The second-order valence-corrected chi connectivity index (χ2v) is 7.41. The molecule has 118 valence electrons. The Morgan fingerprint density at radius 3 is 2.33 bits per heavy atom. The lowest BCUT2D eigenvalue weighted by Gasteiger charge is -2.27. The molecule has 0 bridgehead atoms. The minimum absolute atomic E-state index is 0.424. The van der Waals surface area contributed by atoms with Gasteiger partial charge in [0.1, 0.15) is 0 Å². The SMILES string of the molecule is CCNC(CC)c1ccc(N2CCC(C(C)(C)C)C2)cc1. The van der Waals surface area contributed by atoms with Crippen molar-refractivity contribution in [2.75, 3.05) is 24.5 Å². The Hall–Kier alpha value is -1.02. The van der Waals surface area contributed by atoms with E-state index in [1.165, 1.54) is 30.8 Å². The molecule has 1 aromatic carbocycles. The molecule has 0 radical (unpaired) electrons. The van der Waals surface area contributed by atoms with Crippen molar-refractivity contribution in [1.82, 2.24) is 5.32 Å². The van der Waals surface area contributed by atoms with Gasteiger partial charge in [-0.2, -0.15) is 0 Å². The number of rotatable bonds is 5. The minimum Gasteiger partial charge on any atom is -0.371 e. The summed E-state index contributed by atoms with van der Waals surface area (Å²) in [6.07, 6.45) is 2.46. The Bertz CT molecular complexity index is 430. The zero-order valence-electron chi connectivity index (χ0n) is 14.4.